The van der Waals surface area contributed by atoms with Crippen LogP contribution in [-0.2, 0) is 27.2 Å². The third kappa shape index (κ3) is 3.86. The van der Waals surface area contributed by atoms with E-state index in [-0.39, 0.29) is 12.3 Å². The van der Waals surface area contributed by atoms with Gasteiger partial charge in [0, 0.05) is 38.5 Å². The van der Waals surface area contributed by atoms with E-state index in [0.29, 0.717) is 19.7 Å². The number of ether oxygens (including phenoxy) is 2. The number of hydrogen-bond acceptors (Lipinski definition) is 6. The molecule has 0 bridgehead atoms. The van der Waals surface area contributed by atoms with Gasteiger partial charge in [0.05, 0.1) is 38.5 Å². The molecule has 1 N–H and O–H groups in total. The standard InChI is InChI=1S/C16H22N4O3/c1-22-5-2-17-15(21)9-13-8-12-10-19-16(14(12)11-18-13)20-3-6-23-7-4-20/h8,11H,2-7,9-10H2,1H3,(H,17,21). The predicted octanol–water partition coefficient (Wildman–Crippen LogP) is -0.0209. The molecule has 23 heavy (non-hydrogen) atoms. The highest BCUT2D eigenvalue weighted by Crippen LogP contribution is 2.21. The smallest absolute Gasteiger partial charge is 0.226 e. The fourth-order valence-electron chi connectivity index (χ4n) is 2.79. The molecule has 1 aromatic heterocycles. The van der Waals surface area contributed by atoms with E-state index >= 15 is 0 Å². The van der Waals surface area contributed by atoms with Crippen LogP contribution in [0.15, 0.2) is 17.3 Å². The summed E-state index contributed by atoms with van der Waals surface area (Å²) in [6.07, 6.45) is 2.12. The summed E-state index contributed by atoms with van der Waals surface area (Å²) in [4.78, 5) is 23.2. The molecular formula is C16H22N4O3. The van der Waals surface area contributed by atoms with Gasteiger partial charge in [-0.15, -0.1) is 0 Å². The van der Waals surface area contributed by atoms with E-state index in [2.05, 4.69) is 20.2 Å². The van der Waals surface area contributed by atoms with Crippen molar-refractivity contribution in [1.82, 2.24) is 15.2 Å². The van der Waals surface area contributed by atoms with Gasteiger partial charge in [0.2, 0.25) is 5.91 Å². The lowest BCUT2D eigenvalue weighted by molar-refractivity contribution is -0.120. The molecule has 3 rings (SSSR count). The Morgan fingerprint density at radius 1 is 1.43 bits per heavy atom. The Kier molecular flexibility index (Phi) is 5.19. The van der Waals surface area contributed by atoms with Crippen LogP contribution in [0.2, 0.25) is 0 Å². The van der Waals surface area contributed by atoms with E-state index in [9.17, 15) is 4.79 Å². The zero-order valence-electron chi connectivity index (χ0n) is 13.4. The Bertz CT molecular complexity index is 597. The van der Waals surface area contributed by atoms with Crippen molar-refractivity contribution in [3.63, 3.8) is 0 Å². The highest BCUT2D eigenvalue weighted by Gasteiger charge is 2.24. The second kappa shape index (κ2) is 7.52. The lowest BCUT2D eigenvalue weighted by atomic mass is 10.1. The van der Waals surface area contributed by atoms with Crippen LogP contribution in [0.25, 0.3) is 0 Å². The summed E-state index contributed by atoms with van der Waals surface area (Å²) < 4.78 is 10.3. The molecule has 2 aliphatic heterocycles. The molecule has 124 valence electrons. The predicted molar refractivity (Wildman–Crippen MR) is 85.5 cm³/mol. The molecule has 0 saturated carbocycles. The lowest BCUT2D eigenvalue weighted by Gasteiger charge is -2.28. The van der Waals surface area contributed by atoms with Crippen LogP contribution in [0, 0.1) is 0 Å². The monoisotopic (exact) mass is 318 g/mol. The summed E-state index contributed by atoms with van der Waals surface area (Å²) in [6.45, 7) is 4.89. The molecule has 1 aromatic rings. The third-order valence-corrected chi connectivity index (χ3v) is 3.97. The van der Waals surface area contributed by atoms with Gasteiger partial charge in [0.25, 0.3) is 0 Å². The number of carbonyl (C=O) groups excluding carboxylic acids is 1. The Hall–Kier alpha value is -1.99. The van der Waals surface area contributed by atoms with E-state index in [4.69, 9.17) is 9.47 Å². The number of aliphatic imine (C=N–C) groups is 1. The van der Waals surface area contributed by atoms with E-state index in [1.807, 2.05) is 12.3 Å². The van der Waals surface area contributed by atoms with Crippen LogP contribution >= 0.6 is 0 Å². The van der Waals surface area contributed by atoms with Crippen molar-refractivity contribution >= 4 is 11.7 Å². The molecule has 0 aromatic carbocycles. The molecule has 7 nitrogen and oxygen atoms in total. The minimum atomic E-state index is -0.0400. The number of pyridine rings is 1. The highest BCUT2D eigenvalue weighted by atomic mass is 16.5. The van der Waals surface area contributed by atoms with Crippen molar-refractivity contribution in [3.05, 3.63) is 29.1 Å². The van der Waals surface area contributed by atoms with Gasteiger partial charge in [-0.1, -0.05) is 0 Å². The molecular weight excluding hydrogens is 296 g/mol. The van der Waals surface area contributed by atoms with Crippen molar-refractivity contribution in [2.24, 2.45) is 4.99 Å². The number of carbonyl (C=O) groups is 1. The molecule has 3 heterocycles. The highest BCUT2D eigenvalue weighted by molar-refractivity contribution is 6.01. The molecule has 0 atom stereocenters. The van der Waals surface area contributed by atoms with Gasteiger partial charge in [0.1, 0.15) is 5.84 Å². The second-order valence-corrected chi connectivity index (χ2v) is 5.59. The Morgan fingerprint density at radius 2 is 2.26 bits per heavy atom. The molecule has 0 aliphatic carbocycles. The van der Waals surface area contributed by atoms with Crippen molar-refractivity contribution in [2.45, 2.75) is 13.0 Å². The van der Waals surface area contributed by atoms with Crippen LogP contribution in [0.5, 0.6) is 0 Å². The van der Waals surface area contributed by atoms with Gasteiger partial charge in [-0.2, -0.15) is 0 Å². The van der Waals surface area contributed by atoms with Gasteiger partial charge in [0.15, 0.2) is 0 Å². The number of hydrogen-bond donors (Lipinski definition) is 1. The van der Waals surface area contributed by atoms with E-state index in [0.717, 1.165) is 49.0 Å². The number of amides is 1. The van der Waals surface area contributed by atoms with Crippen LogP contribution < -0.4 is 5.32 Å². The van der Waals surface area contributed by atoms with Gasteiger partial charge in [-0.25, -0.2) is 0 Å². The van der Waals surface area contributed by atoms with Crippen LogP contribution in [0.3, 0.4) is 0 Å². The minimum absolute atomic E-state index is 0.0400. The maximum absolute atomic E-state index is 11.8. The Labute approximate surface area is 135 Å². The number of rotatable bonds is 5. The van der Waals surface area contributed by atoms with E-state index in [1.165, 1.54) is 0 Å². The largest absolute Gasteiger partial charge is 0.383 e. The first kappa shape index (κ1) is 15.9. The van der Waals surface area contributed by atoms with Crippen molar-refractivity contribution in [2.75, 3.05) is 46.6 Å². The number of amidine groups is 1. The molecule has 0 radical (unpaired) electrons. The number of methoxy groups -OCH3 is 1. The summed E-state index contributed by atoms with van der Waals surface area (Å²) in [6, 6.07) is 1.99. The first-order valence-corrected chi connectivity index (χ1v) is 7.89. The fraction of sp³-hybridized carbons (Fsp3) is 0.562. The first-order chi connectivity index (χ1) is 11.3. The van der Waals surface area contributed by atoms with Gasteiger partial charge in [-0.3, -0.25) is 14.8 Å². The molecule has 0 unspecified atom stereocenters. The number of nitrogens with zero attached hydrogens (tertiary/aromatic N) is 3. The summed E-state index contributed by atoms with van der Waals surface area (Å²) in [7, 11) is 1.61. The van der Waals surface area contributed by atoms with Crippen molar-refractivity contribution in [3.8, 4) is 0 Å². The average Bonchev–Trinajstić information content (AvgIpc) is 2.99. The Balaban J connectivity index is 1.62. The Morgan fingerprint density at radius 3 is 3.04 bits per heavy atom. The summed E-state index contributed by atoms with van der Waals surface area (Å²) in [5, 5.41) is 2.81. The van der Waals surface area contributed by atoms with Crippen LogP contribution in [0.1, 0.15) is 16.8 Å². The number of nitrogens with one attached hydrogen (secondary N) is 1. The van der Waals surface area contributed by atoms with Gasteiger partial charge >= 0.3 is 0 Å². The van der Waals surface area contributed by atoms with E-state index < -0.39 is 0 Å². The van der Waals surface area contributed by atoms with Gasteiger partial charge < -0.3 is 19.7 Å². The molecule has 2 aliphatic rings. The molecule has 1 saturated heterocycles. The summed E-state index contributed by atoms with van der Waals surface area (Å²) >= 11 is 0. The number of fused-ring (bicyclic) bond motifs is 1. The first-order valence-electron chi connectivity index (χ1n) is 7.89. The second-order valence-electron chi connectivity index (χ2n) is 5.59. The maximum atomic E-state index is 11.8. The average molecular weight is 318 g/mol. The van der Waals surface area contributed by atoms with Gasteiger partial charge in [-0.05, 0) is 11.6 Å². The fourth-order valence-corrected chi connectivity index (χ4v) is 2.79. The van der Waals surface area contributed by atoms with Crippen LogP contribution in [0.4, 0.5) is 0 Å². The SMILES string of the molecule is COCCNC(=O)Cc1cc2c(cn1)C(N1CCOCC1)=NC2. The topological polar surface area (TPSA) is 76.0 Å². The maximum Gasteiger partial charge on any atom is 0.226 e. The molecule has 1 amide bonds. The lowest BCUT2D eigenvalue weighted by Crippen LogP contribution is -2.40. The van der Waals surface area contributed by atoms with Crippen molar-refractivity contribution in [1.29, 1.82) is 0 Å². The molecule has 1 fully saturated rings. The normalized spacial score (nSPS) is 16.9. The molecule has 0 spiro atoms. The molecule has 7 heteroatoms. The van der Waals surface area contributed by atoms with Crippen LogP contribution in [-0.4, -0.2) is 68.2 Å². The number of aromatic nitrogens is 1. The zero-order valence-corrected chi connectivity index (χ0v) is 13.4. The quantitative estimate of drug-likeness (QED) is 0.772. The minimum Gasteiger partial charge on any atom is -0.383 e. The number of morpholine rings is 1. The summed E-state index contributed by atoms with van der Waals surface area (Å²) in [5.74, 6) is 0.966. The third-order valence-electron chi connectivity index (χ3n) is 3.97. The van der Waals surface area contributed by atoms with E-state index in [1.54, 1.807) is 7.11 Å². The van der Waals surface area contributed by atoms with Crippen molar-refractivity contribution < 1.29 is 14.3 Å². The summed E-state index contributed by atoms with van der Waals surface area (Å²) in [5.41, 5.74) is 2.99. The zero-order chi connectivity index (χ0) is 16.1.